The van der Waals surface area contributed by atoms with Crippen LogP contribution < -0.4 is 4.74 Å². The number of halogens is 1. The molecule has 0 heterocycles. The van der Waals surface area contributed by atoms with Crippen LogP contribution in [0.1, 0.15) is 8.30 Å². The summed E-state index contributed by atoms with van der Waals surface area (Å²) in [5, 5.41) is 9.14. The number of methoxy groups -OCH3 is 1. The van der Waals surface area contributed by atoms with E-state index in [0.717, 1.165) is 0 Å². The molecule has 1 rings (SSSR count). The Morgan fingerprint density at radius 1 is 1.73 bits per heavy atom. The first-order chi connectivity index (χ1) is 5.95. The third-order valence-corrected chi connectivity index (χ3v) is 1.99. The quantitative estimate of drug-likeness (QED) is 0.823. The molecule has 0 aliphatic rings. The van der Waals surface area contributed by atoms with Gasteiger partial charge < -0.3 is 9.84 Å². The molecule has 0 fully saturated rings. The van der Waals surface area contributed by atoms with E-state index >= 15 is 0 Å². The minimum atomic E-state index is -2.35. The van der Waals surface area contributed by atoms with Gasteiger partial charge >= 0.3 is 0 Å². The average Bonchev–Trinajstić information content (AvgIpc) is 2.03. The van der Waals surface area contributed by atoms with Gasteiger partial charge in [-0.2, -0.15) is 0 Å². The van der Waals surface area contributed by atoms with Gasteiger partial charge in [0.05, 0.1) is 16.4 Å². The summed E-state index contributed by atoms with van der Waals surface area (Å²) in [5.41, 5.74) is 0.159. The zero-order valence-corrected chi connectivity index (χ0v) is 7.55. The SMILES string of the molecule is [2H]C([2H])(O)c1cc(OC)ccc1Br. The van der Waals surface area contributed by atoms with Crippen molar-refractivity contribution in [2.45, 2.75) is 6.56 Å². The number of ether oxygens (including phenoxy) is 1. The van der Waals surface area contributed by atoms with Crippen LogP contribution in [0.3, 0.4) is 0 Å². The monoisotopic (exact) mass is 218 g/mol. The van der Waals surface area contributed by atoms with Crippen LogP contribution in [-0.2, 0) is 6.56 Å². The molecule has 0 aliphatic heterocycles. The number of rotatable bonds is 2. The van der Waals surface area contributed by atoms with Gasteiger partial charge in [-0.1, -0.05) is 15.9 Å². The maximum absolute atomic E-state index is 9.14. The lowest BCUT2D eigenvalue weighted by atomic mass is 10.2. The number of aliphatic hydroxyl groups is 1. The third kappa shape index (κ3) is 1.94. The molecule has 11 heavy (non-hydrogen) atoms. The number of hydrogen-bond acceptors (Lipinski definition) is 2. The van der Waals surface area contributed by atoms with Crippen molar-refractivity contribution < 1.29 is 12.6 Å². The minimum Gasteiger partial charge on any atom is -0.497 e. The molecule has 0 bridgehead atoms. The molecule has 1 aromatic rings. The van der Waals surface area contributed by atoms with Crippen LogP contribution in [0.15, 0.2) is 22.7 Å². The van der Waals surface area contributed by atoms with Gasteiger partial charge in [0.2, 0.25) is 0 Å². The van der Waals surface area contributed by atoms with Gasteiger partial charge in [-0.25, -0.2) is 0 Å². The first kappa shape index (κ1) is 6.03. The Balaban J connectivity index is 3.19. The van der Waals surface area contributed by atoms with E-state index < -0.39 is 6.56 Å². The van der Waals surface area contributed by atoms with E-state index in [2.05, 4.69) is 15.9 Å². The van der Waals surface area contributed by atoms with Crippen molar-refractivity contribution in [2.24, 2.45) is 0 Å². The van der Waals surface area contributed by atoms with Crippen LogP contribution in [0.5, 0.6) is 5.75 Å². The zero-order valence-electron chi connectivity index (χ0n) is 7.97. The topological polar surface area (TPSA) is 29.5 Å². The largest absolute Gasteiger partial charge is 0.497 e. The van der Waals surface area contributed by atoms with Gasteiger partial charge in [0.15, 0.2) is 0 Å². The molecule has 0 spiro atoms. The summed E-state index contributed by atoms with van der Waals surface area (Å²) in [6.45, 7) is -2.35. The molecular weight excluding hydrogens is 208 g/mol. The fourth-order valence-electron chi connectivity index (χ4n) is 0.717. The second-order valence-corrected chi connectivity index (χ2v) is 2.81. The van der Waals surface area contributed by atoms with Gasteiger partial charge in [-0.05, 0) is 23.8 Å². The smallest absolute Gasteiger partial charge is 0.119 e. The fourth-order valence-corrected chi connectivity index (χ4v) is 1.05. The van der Waals surface area contributed by atoms with Gasteiger partial charge in [0.1, 0.15) is 5.75 Å². The molecule has 2 nitrogen and oxygen atoms in total. The van der Waals surface area contributed by atoms with Gasteiger partial charge in [0.25, 0.3) is 0 Å². The highest BCUT2D eigenvalue weighted by Gasteiger charge is 1.99. The standard InChI is InChI=1S/C8H9BrO2/c1-11-7-2-3-8(9)6(4-7)5-10/h2-4,10H,5H2,1H3/i5D2. The van der Waals surface area contributed by atoms with Crippen LogP contribution in [0.25, 0.3) is 0 Å². The first-order valence-corrected chi connectivity index (χ1v) is 3.81. The van der Waals surface area contributed by atoms with E-state index in [1.54, 1.807) is 12.1 Å². The molecule has 1 aromatic carbocycles. The highest BCUT2D eigenvalue weighted by Crippen LogP contribution is 2.21. The van der Waals surface area contributed by atoms with Gasteiger partial charge in [-0.3, -0.25) is 0 Å². The van der Waals surface area contributed by atoms with Gasteiger partial charge in [0, 0.05) is 4.47 Å². The summed E-state index contributed by atoms with van der Waals surface area (Å²) < 4.78 is 19.7. The lowest BCUT2D eigenvalue weighted by Crippen LogP contribution is -1.88. The lowest BCUT2D eigenvalue weighted by molar-refractivity contribution is 0.280. The van der Waals surface area contributed by atoms with E-state index in [9.17, 15) is 0 Å². The maximum Gasteiger partial charge on any atom is 0.119 e. The predicted octanol–water partition coefficient (Wildman–Crippen LogP) is 1.95. The van der Waals surface area contributed by atoms with E-state index in [4.69, 9.17) is 12.6 Å². The molecular formula is C8H9BrO2. The molecule has 0 saturated heterocycles. The van der Waals surface area contributed by atoms with Crippen LogP contribution >= 0.6 is 15.9 Å². The van der Waals surface area contributed by atoms with Crippen LogP contribution in [0.4, 0.5) is 0 Å². The van der Waals surface area contributed by atoms with Crippen molar-refractivity contribution in [3.8, 4) is 5.75 Å². The highest BCUT2D eigenvalue weighted by molar-refractivity contribution is 9.10. The number of benzene rings is 1. The van der Waals surface area contributed by atoms with E-state index in [0.29, 0.717) is 10.2 Å². The van der Waals surface area contributed by atoms with Crippen LogP contribution in [0, 0.1) is 0 Å². The average molecular weight is 219 g/mol. The van der Waals surface area contributed by atoms with Crippen molar-refractivity contribution in [3.63, 3.8) is 0 Å². The Hall–Kier alpha value is -0.540. The second kappa shape index (κ2) is 3.74. The van der Waals surface area contributed by atoms with E-state index in [-0.39, 0.29) is 5.56 Å². The summed E-state index contributed by atoms with van der Waals surface area (Å²) in [6, 6.07) is 4.76. The van der Waals surface area contributed by atoms with Crippen molar-refractivity contribution in [2.75, 3.05) is 7.11 Å². The Kier molecular flexibility index (Phi) is 2.05. The van der Waals surface area contributed by atoms with Crippen molar-refractivity contribution in [1.29, 1.82) is 0 Å². The first-order valence-electron chi connectivity index (χ1n) is 4.01. The summed E-state index contributed by atoms with van der Waals surface area (Å²) in [7, 11) is 1.49. The zero-order chi connectivity index (χ0) is 10.1. The van der Waals surface area contributed by atoms with Crippen LogP contribution in [0.2, 0.25) is 0 Å². The maximum atomic E-state index is 9.14. The Morgan fingerprint density at radius 2 is 2.45 bits per heavy atom. The van der Waals surface area contributed by atoms with Crippen molar-refractivity contribution in [1.82, 2.24) is 0 Å². The predicted molar refractivity (Wildman–Crippen MR) is 46.6 cm³/mol. The van der Waals surface area contributed by atoms with Crippen LogP contribution in [-0.4, -0.2) is 12.2 Å². The molecule has 60 valence electrons. The molecule has 1 N–H and O–H groups in total. The molecule has 0 aliphatic carbocycles. The molecule has 3 heteroatoms. The Labute approximate surface area is 76.7 Å². The highest BCUT2D eigenvalue weighted by atomic mass is 79.9. The molecule has 0 atom stereocenters. The molecule has 0 saturated carbocycles. The molecule has 0 amide bonds. The lowest BCUT2D eigenvalue weighted by Gasteiger charge is -2.03. The summed E-state index contributed by atoms with van der Waals surface area (Å²) >= 11 is 3.14. The number of hydrogen-bond donors (Lipinski definition) is 1. The van der Waals surface area contributed by atoms with E-state index in [1.807, 2.05) is 0 Å². The Bertz CT molecular complexity index is 310. The molecule has 0 radical (unpaired) electrons. The molecule has 0 aromatic heterocycles. The summed E-state index contributed by atoms with van der Waals surface area (Å²) in [6.07, 6.45) is 0. The summed E-state index contributed by atoms with van der Waals surface area (Å²) in [4.78, 5) is 0. The third-order valence-electron chi connectivity index (χ3n) is 1.29. The van der Waals surface area contributed by atoms with Crippen molar-refractivity contribution >= 4 is 15.9 Å². The minimum absolute atomic E-state index is 0.159. The Morgan fingerprint density at radius 3 is 3.00 bits per heavy atom. The molecule has 0 unspecified atom stereocenters. The fraction of sp³-hybridized carbons (Fsp3) is 0.250. The van der Waals surface area contributed by atoms with Gasteiger partial charge in [-0.15, -0.1) is 0 Å². The second-order valence-electron chi connectivity index (χ2n) is 1.96. The van der Waals surface area contributed by atoms with Crippen molar-refractivity contribution in [3.05, 3.63) is 28.2 Å². The normalized spacial score (nSPS) is 13.7. The summed E-state index contributed by atoms with van der Waals surface area (Å²) in [5.74, 6) is 0.510. The van der Waals surface area contributed by atoms with E-state index in [1.165, 1.54) is 13.2 Å².